The topological polar surface area (TPSA) is 35.2 Å². The first-order valence-corrected chi connectivity index (χ1v) is 8.81. The zero-order valence-corrected chi connectivity index (χ0v) is 14.5. The Labute approximate surface area is 148 Å². The van der Waals surface area contributed by atoms with Gasteiger partial charge in [0.25, 0.3) is 0 Å². The molecule has 0 aliphatic rings. The molecule has 0 heterocycles. The normalized spacial score (nSPS) is 12.3. The van der Waals surface area contributed by atoms with Crippen LogP contribution < -0.4 is 10.5 Å². The van der Waals surface area contributed by atoms with Crippen molar-refractivity contribution in [3.63, 3.8) is 0 Å². The molecule has 1 unspecified atom stereocenters. The van der Waals surface area contributed by atoms with Crippen LogP contribution in [0.1, 0.15) is 30.9 Å². The molecule has 0 aliphatic carbocycles. The molecule has 3 aromatic carbocycles. The molecule has 1 atom stereocenters. The van der Waals surface area contributed by atoms with E-state index in [0.717, 1.165) is 36.1 Å². The summed E-state index contributed by atoms with van der Waals surface area (Å²) in [7, 11) is 0. The van der Waals surface area contributed by atoms with Crippen LogP contribution in [-0.4, -0.2) is 6.04 Å². The second-order valence-corrected chi connectivity index (χ2v) is 6.43. The first kappa shape index (κ1) is 17.4. The van der Waals surface area contributed by atoms with Crippen molar-refractivity contribution in [1.29, 1.82) is 0 Å². The maximum absolute atomic E-state index is 13.0. The molecule has 3 heteroatoms. The molecule has 0 saturated carbocycles. The SMILES string of the molecule is CCCC(N)Cc1c(OCc2ccc(F)cc2)ccc2ccccc12. The minimum absolute atomic E-state index is 0.115. The van der Waals surface area contributed by atoms with Crippen molar-refractivity contribution >= 4 is 10.8 Å². The zero-order chi connectivity index (χ0) is 17.6. The minimum atomic E-state index is -0.235. The predicted octanol–water partition coefficient (Wildman–Crippen LogP) is 5.23. The molecule has 0 saturated heterocycles. The summed E-state index contributed by atoms with van der Waals surface area (Å²) in [4.78, 5) is 0. The molecule has 0 amide bonds. The number of rotatable bonds is 7. The quantitative estimate of drug-likeness (QED) is 0.641. The van der Waals surface area contributed by atoms with Crippen molar-refractivity contribution in [2.75, 3.05) is 0 Å². The van der Waals surface area contributed by atoms with Gasteiger partial charge in [0, 0.05) is 11.6 Å². The Morgan fingerprint density at radius 3 is 2.52 bits per heavy atom. The van der Waals surface area contributed by atoms with Gasteiger partial charge in [0.2, 0.25) is 0 Å². The third-order valence-corrected chi connectivity index (χ3v) is 4.43. The molecule has 0 aliphatic heterocycles. The molecular weight excluding hydrogens is 313 g/mol. The Morgan fingerprint density at radius 2 is 1.76 bits per heavy atom. The second-order valence-electron chi connectivity index (χ2n) is 6.43. The van der Waals surface area contributed by atoms with Gasteiger partial charge in [-0.25, -0.2) is 4.39 Å². The lowest BCUT2D eigenvalue weighted by Crippen LogP contribution is -2.22. The van der Waals surface area contributed by atoms with Gasteiger partial charge in [-0.3, -0.25) is 0 Å². The van der Waals surface area contributed by atoms with Crippen LogP contribution in [0.5, 0.6) is 5.75 Å². The van der Waals surface area contributed by atoms with Crippen LogP contribution in [0.4, 0.5) is 4.39 Å². The number of benzene rings is 3. The fourth-order valence-electron chi connectivity index (χ4n) is 3.14. The van der Waals surface area contributed by atoms with E-state index in [2.05, 4.69) is 25.1 Å². The summed E-state index contributed by atoms with van der Waals surface area (Å²) in [6.45, 7) is 2.56. The molecule has 2 N–H and O–H groups in total. The largest absolute Gasteiger partial charge is 0.489 e. The van der Waals surface area contributed by atoms with Gasteiger partial charge >= 0.3 is 0 Å². The molecule has 3 aromatic rings. The van der Waals surface area contributed by atoms with Crippen LogP contribution in [0.25, 0.3) is 10.8 Å². The Hall–Kier alpha value is -2.39. The molecule has 0 radical (unpaired) electrons. The summed E-state index contributed by atoms with van der Waals surface area (Å²) >= 11 is 0. The van der Waals surface area contributed by atoms with Crippen LogP contribution in [0, 0.1) is 5.82 Å². The van der Waals surface area contributed by atoms with Crippen molar-refractivity contribution in [2.24, 2.45) is 5.73 Å². The highest BCUT2D eigenvalue weighted by Gasteiger charge is 2.13. The highest BCUT2D eigenvalue weighted by molar-refractivity contribution is 5.87. The molecule has 0 fully saturated rings. The van der Waals surface area contributed by atoms with Crippen molar-refractivity contribution in [3.05, 3.63) is 77.6 Å². The van der Waals surface area contributed by atoms with Crippen molar-refractivity contribution in [2.45, 2.75) is 38.8 Å². The standard InChI is InChI=1S/C22H24FNO/c1-2-5-19(24)14-21-20-7-4-3-6-17(20)10-13-22(21)25-15-16-8-11-18(23)12-9-16/h3-4,6-13,19H,2,5,14-15,24H2,1H3. The smallest absolute Gasteiger partial charge is 0.123 e. The lowest BCUT2D eigenvalue weighted by atomic mass is 9.96. The van der Waals surface area contributed by atoms with E-state index in [9.17, 15) is 4.39 Å². The fourth-order valence-corrected chi connectivity index (χ4v) is 3.14. The minimum Gasteiger partial charge on any atom is -0.489 e. The van der Waals surface area contributed by atoms with Crippen LogP contribution in [0.2, 0.25) is 0 Å². The van der Waals surface area contributed by atoms with Gasteiger partial charge in [-0.2, -0.15) is 0 Å². The summed E-state index contributed by atoms with van der Waals surface area (Å²) in [5.41, 5.74) is 8.40. The molecular formula is C22H24FNO. The maximum Gasteiger partial charge on any atom is 0.123 e. The highest BCUT2D eigenvalue weighted by atomic mass is 19.1. The van der Waals surface area contributed by atoms with Gasteiger partial charge in [0.15, 0.2) is 0 Å². The first-order chi connectivity index (χ1) is 12.2. The lowest BCUT2D eigenvalue weighted by molar-refractivity contribution is 0.302. The number of fused-ring (bicyclic) bond motifs is 1. The number of ether oxygens (including phenoxy) is 1. The Kier molecular flexibility index (Phi) is 5.67. The van der Waals surface area contributed by atoms with Crippen molar-refractivity contribution < 1.29 is 9.13 Å². The molecule has 0 spiro atoms. The summed E-state index contributed by atoms with van der Waals surface area (Å²) < 4.78 is 19.1. The third-order valence-electron chi connectivity index (χ3n) is 4.43. The van der Waals surface area contributed by atoms with Crippen molar-refractivity contribution in [3.8, 4) is 5.75 Å². The van der Waals surface area contributed by atoms with Gasteiger partial charge in [-0.1, -0.05) is 55.8 Å². The molecule has 0 bridgehead atoms. The second kappa shape index (κ2) is 8.13. The van der Waals surface area contributed by atoms with Crippen LogP contribution >= 0.6 is 0 Å². The van der Waals surface area contributed by atoms with Gasteiger partial charge in [0.1, 0.15) is 18.2 Å². The number of hydrogen-bond donors (Lipinski definition) is 1. The number of hydrogen-bond acceptors (Lipinski definition) is 2. The van der Waals surface area contributed by atoms with E-state index >= 15 is 0 Å². The van der Waals surface area contributed by atoms with Gasteiger partial charge in [-0.05, 0) is 47.4 Å². The molecule has 25 heavy (non-hydrogen) atoms. The van der Waals surface area contributed by atoms with Gasteiger partial charge in [0.05, 0.1) is 0 Å². The summed E-state index contributed by atoms with van der Waals surface area (Å²) in [6, 6.07) is 18.9. The van der Waals surface area contributed by atoms with E-state index in [-0.39, 0.29) is 11.9 Å². The Morgan fingerprint density at radius 1 is 1.00 bits per heavy atom. The summed E-state index contributed by atoms with van der Waals surface area (Å²) in [5.74, 6) is 0.621. The average molecular weight is 337 g/mol. The van der Waals surface area contributed by atoms with E-state index in [0.29, 0.717) is 6.61 Å². The Bertz CT molecular complexity index is 829. The van der Waals surface area contributed by atoms with Gasteiger partial charge in [-0.15, -0.1) is 0 Å². The van der Waals surface area contributed by atoms with E-state index in [4.69, 9.17) is 10.5 Å². The highest BCUT2D eigenvalue weighted by Crippen LogP contribution is 2.30. The molecule has 3 rings (SSSR count). The monoisotopic (exact) mass is 337 g/mol. The Balaban J connectivity index is 1.88. The molecule has 0 aromatic heterocycles. The maximum atomic E-state index is 13.0. The first-order valence-electron chi connectivity index (χ1n) is 8.81. The van der Waals surface area contributed by atoms with E-state index in [1.54, 1.807) is 12.1 Å². The molecule has 2 nitrogen and oxygen atoms in total. The van der Waals surface area contributed by atoms with Crippen LogP contribution in [0.15, 0.2) is 60.7 Å². The van der Waals surface area contributed by atoms with E-state index < -0.39 is 0 Å². The van der Waals surface area contributed by atoms with E-state index in [1.165, 1.54) is 22.9 Å². The summed E-state index contributed by atoms with van der Waals surface area (Å²) in [6.07, 6.45) is 2.84. The average Bonchev–Trinajstić information content (AvgIpc) is 2.62. The number of halogens is 1. The molecule has 130 valence electrons. The predicted molar refractivity (Wildman–Crippen MR) is 101 cm³/mol. The lowest BCUT2D eigenvalue weighted by Gasteiger charge is -2.17. The van der Waals surface area contributed by atoms with Crippen LogP contribution in [-0.2, 0) is 13.0 Å². The van der Waals surface area contributed by atoms with Gasteiger partial charge < -0.3 is 10.5 Å². The van der Waals surface area contributed by atoms with Crippen LogP contribution in [0.3, 0.4) is 0 Å². The fraction of sp³-hybridized carbons (Fsp3) is 0.273. The third kappa shape index (κ3) is 4.37. The number of nitrogens with two attached hydrogens (primary N) is 1. The van der Waals surface area contributed by atoms with Crippen molar-refractivity contribution in [1.82, 2.24) is 0 Å². The zero-order valence-electron chi connectivity index (χ0n) is 14.5. The summed E-state index contributed by atoms with van der Waals surface area (Å²) in [5, 5.41) is 2.38. The van der Waals surface area contributed by atoms with E-state index in [1.807, 2.05) is 18.2 Å².